The Bertz CT molecular complexity index is 822. The van der Waals surface area contributed by atoms with E-state index in [1.165, 1.54) is 15.9 Å². The molecule has 0 saturated carbocycles. The van der Waals surface area contributed by atoms with Crippen molar-refractivity contribution in [2.24, 2.45) is 5.92 Å². The highest BCUT2D eigenvalue weighted by molar-refractivity contribution is 7.95. The van der Waals surface area contributed by atoms with Crippen molar-refractivity contribution < 1.29 is 4.79 Å². The molecule has 0 bridgehead atoms. The molecule has 1 amide bonds. The summed E-state index contributed by atoms with van der Waals surface area (Å²) < 4.78 is 0. The van der Waals surface area contributed by atoms with Crippen LogP contribution in [0.5, 0.6) is 0 Å². The predicted molar refractivity (Wildman–Crippen MR) is 125 cm³/mol. The standard InChI is InChI=1S/C26H29NOP/c1-22(28)27-19-17-23(18-20-27)21-29(24-11-5-2-6-12-24,25-13-7-3-8-14-25)26-15-9-4-10-16-26/h2-16,23H,17-21H2,1H3/q+1. The third kappa shape index (κ3) is 4.14. The molecule has 2 nitrogen and oxygen atoms in total. The minimum absolute atomic E-state index is 0.207. The van der Waals surface area contributed by atoms with Crippen LogP contribution in [-0.4, -0.2) is 30.1 Å². The van der Waals surface area contributed by atoms with Crippen molar-refractivity contribution >= 4 is 29.1 Å². The van der Waals surface area contributed by atoms with Crippen LogP contribution in [0.2, 0.25) is 0 Å². The number of hydrogen-bond donors (Lipinski definition) is 0. The fraction of sp³-hybridized carbons (Fsp3) is 0.269. The van der Waals surface area contributed by atoms with Gasteiger partial charge in [-0.15, -0.1) is 0 Å². The summed E-state index contributed by atoms with van der Waals surface area (Å²) in [6.07, 6.45) is 3.35. The summed E-state index contributed by atoms with van der Waals surface area (Å²) in [6.45, 7) is 3.46. The average molecular weight is 402 g/mol. The average Bonchev–Trinajstić information content (AvgIpc) is 2.79. The molecule has 148 valence electrons. The largest absolute Gasteiger partial charge is 0.343 e. The van der Waals surface area contributed by atoms with Gasteiger partial charge in [0, 0.05) is 20.0 Å². The van der Waals surface area contributed by atoms with Gasteiger partial charge in [0.05, 0.1) is 6.16 Å². The third-order valence-corrected chi connectivity index (χ3v) is 10.8. The molecule has 0 radical (unpaired) electrons. The SMILES string of the molecule is CC(=O)N1CCC(C[P+](c2ccccc2)(c2ccccc2)c2ccccc2)CC1. The number of amides is 1. The van der Waals surface area contributed by atoms with E-state index in [2.05, 4.69) is 91.0 Å². The Kier molecular flexibility index (Phi) is 6.11. The molecule has 0 aliphatic carbocycles. The van der Waals surface area contributed by atoms with Crippen LogP contribution >= 0.6 is 7.26 Å². The van der Waals surface area contributed by atoms with Crippen LogP contribution in [0.15, 0.2) is 91.0 Å². The number of carbonyl (C=O) groups excluding carboxylic acids is 1. The van der Waals surface area contributed by atoms with Crippen LogP contribution in [0.4, 0.5) is 0 Å². The van der Waals surface area contributed by atoms with Crippen molar-refractivity contribution in [3.63, 3.8) is 0 Å². The normalized spacial score (nSPS) is 15.3. The van der Waals surface area contributed by atoms with Gasteiger partial charge in [-0.25, -0.2) is 0 Å². The lowest BCUT2D eigenvalue weighted by Gasteiger charge is -2.35. The molecule has 1 aliphatic heterocycles. The monoisotopic (exact) mass is 402 g/mol. The molecule has 0 N–H and O–H groups in total. The van der Waals surface area contributed by atoms with E-state index < -0.39 is 7.26 Å². The minimum Gasteiger partial charge on any atom is -0.343 e. The lowest BCUT2D eigenvalue weighted by Crippen LogP contribution is -2.41. The summed E-state index contributed by atoms with van der Waals surface area (Å²) in [5, 5.41) is 4.35. The number of hydrogen-bond acceptors (Lipinski definition) is 1. The third-order valence-electron chi connectivity index (χ3n) is 6.18. The summed E-state index contributed by atoms with van der Waals surface area (Å²) in [4.78, 5) is 13.8. The summed E-state index contributed by atoms with van der Waals surface area (Å²) in [5.74, 6) is 0.832. The summed E-state index contributed by atoms with van der Waals surface area (Å²) in [5.41, 5.74) is 0. The molecule has 0 atom stereocenters. The van der Waals surface area contributed by atoms with E-state index >= 15 is 0 Å². The van der Waals surface area contributed by atoms with E-state index in [9.17, 15) is 4.79 Å². The second-order valence-corrected chi connectivity index (χ2v) is 11.5. The van der Waals surface area contributed by atoms with Crippen molar-refractivity contribution in [1.29, 1.82) is 0 Å². The molecule has 1 heterocycles. The van der Waals surface area contributed by atoms with Gasteiger partial charge in [-0.3, -0.25) is 4.79 Å². The van der Waals surface area contributed by atoms with Crippen molar-refractivity contribution in [2.75, 3.05) is 19.3 Å². The van der Waals surface area contributed by atoms with E-state index in [-0.39, 0.29) is 5.91 Å². The lowest BCUT2D eigenvalue weighted by atomic mass is 9.99. The number of likely N-dealkylation sites (tertiary alicyclic amines) is 1. The summed E-state index contributed by atoms with van der Waals surface area (Å²) in [7, 11) is -1.77. The van der Waals surface area contributed by atoms with Gasteiger partial charge < -0.3 is 4.90 Å². The minimum atomic E-state index is -1.77. The van der Waals surface area contributed by atoms with E-state index in [0.29, 0.717) is 5.92 Å². The van der Waals surface area contributed by atoms with Gasteiger partial charge in [-0.05, 0) is 55.2 Å². The number of carbonyl (C=O) groups is 1. The van der Waals surface area contributed by atoms with Gasteiger partial charge in [-0.1, -0.05) is 54.6 Å². The fourth-order valence-electron chi connectivity index (χ4n) is 4.63. The summed E-state index contributed by atoms with van der Waals surface area (Å²) in [6, 6.07) is 33.3. The highest BCUT2D eigenvalue weighted by Gasteiger charge is 2.47. The maximum absolute atomic E-state index is 11.8. The molecule has 3 heteroatoms. The van der Waals surface area contributed by atoms with Crippen LogP contribution in [-0.2, 0) is 4.79 Å². The van der Waals surface area contributed by atoms with E-state index in [4.69, 9.17) is 0 Å². The number of piperidine rings is 1. The molecule has 29 heavy (non-hydrogen) atoms. The molecule has 3 aromatic rings. The number of benzene rings is 3. The molecule has 1 saturated heterocycles. The molecular formula is C26H29NOP+. The Labute approximate surface area is 174 Å². The Balaban J connectivity index is 1.79. The molecule has 3 aromatic carbocycles. The van der Waals surface area contributed by atoms with Crippen LogP contribution in [0.25, 0.3) is 0 Å². The van der Waals surface area contributed by atoms with Crippen LogP contribution in [0, 0.1) is 5.92 Å². The second-order valence-electron chi connectivity index (χ2n) is 7.95. The Hall–Kier alpha value is -2.44. The van der Waals surface area contributed by atoms with E-state index in [1.807, 2.05) is 4.90 Å². The molecule has 0 unspecified atom stereocenters. The quantitative estimate of drug-likeness (QED) is 0.585. The second kappa shape index (κ2) is 8.93. The predicted octanol–water partition coefficient (Wildman–Crippen LogP) is 4.24. The van der Waals surface area contributed by atoms with E-state index in [0.717, 1.165) is 32.1 Å². The van der Waals surface area contributed by atoms with Gasteiger partial charge in [0.15, 0.2) is 0 Å². The van der Waals surface area contributed by atoms with Crippen LogP contribution in [0.1, 0.15) is 19.8 Å². The number of rotatable bonds is 5. The topological polar surface area (TPSA) is 20.3 Å². The zero-order chi connectivity index (χ0) is 20.1. The maximum Gasteiger partial charge on any atom is 0.219 e. The molecule has 1 aliphatic rings. The lowest BCUT2D eigenvalue weighted by molar-refractivity contribution is -0.130. The smallest absolute Gasteiger partial charge is 0.219 e. The van der Waals surface area contributed by atoms with Gasteiger partial charge in [0.25, 0.3) is 0 Å². The van der Waals surface area contributed by atoms with Gasteiger partial charge in [0.2, 0.25) is 5.91 Å². The first-order chi connectivity index (χ1) is 14.2. The maximum atomic E-state index is 11.8. The molecule has 4 rings (SSSR count). The molecule has 1 fully saturated rings. The Morgan fingerprint density at radius 1 is 0.759 bits per heavy atom. The first-order valence-corrected chi connectivity index (χ1v) is 12.5. The van der Waals surface area contributed by atoms with Crippen molar-refractivity contribution in [2.45, 2.75) is 19.8 Å². The first-order valence-electron chi connectivity index (χ1n) is 10.5. The van der Waals surface area contributed by atoms with Crippen LogP contribution in [0.3, 0.4) is 0 Å². The van der Waals surface area contributed by atoms with Crippen molar-refractivity contribution in [3.05, 3.63) is 91.0 Å². The van der Waals surface area contributed by atoms with Crippen LogP contribution < -0.4 is 15.9 Å². The highest BCUT2D eigenvalue weighted by atomic mass is 31.2. The molecule has 0 spiro atoms. The first kappa shape index (κ1) is 19.9. The molecule has 0 aromatic heterocycles. The Morgan fingerprint density at radius 2 is 1.14 bits per heavy atom. The van der Waals surface area contributed by atoms with Gasteiger partial charge >= 0.3 is 0 Å². The fourth-order valence-corrected chi connectivity index (χ4v) is 9.34. The highest BCUT2D eigenvalue weighted by Crippen LogP contribution is 2.57. The summed E-state index contributed by atoms with van der Waals surface area (Å²) >= 11 is 0. The van der Waals surface area contributed by atoms with Crippen molar-refractivity contribution in [1.82, 2.24) is 4.90 Å². The molecular weight excluding hydrogens is 373 g/mol. The van der Waals surface area contributed by atoms with E-state index in [1.54, 1.807) is 6.92 Å². The zero-order valence-corrected chi connectivity index (χ0v) is 18.0. The number of nitrogens with zero attached hydrogens (tertiary/aromatic N) is 1. The van der Waals surface area contributed by atoms with Crippen molar-refractivity contribution in [3.8, 4) is 0 Å². The zero-order valence-electron chi connectivity index (χ0n) is 17.1. The van der Waals surface area contributed by atoms with Gasteiger partial charge in [0.1, 0.15) is 23.2 Å². The Morgan fingerprint density at radius 3 is 1.48 bits per heavy atom. The van der Waals surface area contributed by atoms with Gasteiger partial charge in [-0.2, -0.15) is 0 Å².